The summed E-state index contributed by atoms with van der Waals surface area (Å²) in [4.78, 5) is 27.4. The molecule has 0 unspecified atom stereocenters. The van der Waals surface area contributed by atoms with Crippen LogP contribution >= 0.6 is 0 Å². The second-order valence-corrected chi connectivity index (χ2v) is 5.74. The van der Waals surface area contributed by atoms with Gasteiger partial charge < -0.3 is 15.6 Å². The Balaban J connectivity index is 3.22. The molecule has 0 aliphatic heterocycles. The standard InChI is InChI=1S/C12H20N4O2/c1-11(2,3)16-7-6-14-8(9(16)17)15-12(4,5)10(13)18/h6-7H,1-5H3,(H2,13,18)(H,14,15). The number of nitrogens with two attached hydrogens (primary N) is 1. The van der Waals surface area contributed by atoms with Crippen LogP contribution in [0.3, 0.4) is 0 Å². The van der Waals surface area contributed by atoms with E-state index in [-0.39, 0.29) is 16.9 Å². The minimum absolute atomic E-state index is 0.122. The van der Waals surface area contributed by atoms with Crippen molar-refractivity contribution < 1.29 is 4.79 Å². The van der Waals surface area contributed by atoms with E-state index in [2.05, 4.69) is 10.3 Å². The first kappa shape index (κ1) is 14.2. The highest BCUT2D eigenvalue weighted by Crippen LogP contribution is 2.13. The van der Waals surface area contributed by atoms with Gasteiger partial charge in [0, 0.05) is 17.9 Å². The molecular formula is C12H20N4O2. The SMILES string of the molecule is CC(C)(Nc1nccn(C(C)(C)C)c1=O)C(N)=O. The number of hydrogen-bond donors (Lipinski definition) is 2. The topological polar surface area (TPSA) is 90.0 Å². The summed E-state index contributed by atoms with van der Waals surface area (Å²) in [6.45, 7) is 8.95. The summed E-state index contributed by atoms with van der Waals surface area (Å²) in [6.07, 6.45) is 3.14. The Morgan fingerprint density at radius 3 is 2.33 bits per heavy atom. The first-order valence-corrected chi connectivity index (χ1v) is 5.72. The van der Waals surface area contributed by atoms with Gasteiger partial charge in [0.05, 0.1) is 0 Å². The van der Waals surface area contributed by atoms with Crippen molar-refractivity contribution in [2.24, 2.45) is 5.73 Å². The molecule has 6 heteroatoms. The molecule has 0 aliphatic rings. The minimum Gasteiger partial charge on any atom is -0.368 e. The highest BCUT2D eigenvalue weighted by atomic mass is 16.2. The number of amides is 1. The van der Waals surface area contributed by atoms with Crippen molar-refractivity contribution in [3.63, 3.8) is 0 Å². The lowest BCUT2D eigenvalue weighted by Crippen LogP contribution is -2.47. The molecule has 0 aliphatic carbocycles. The molecule has 0 atom stereocenters. The van der Waals surface area contributed by atoms with E-state index in [9.17, 15) is 9.59 Å². The lowest BCUT2D eigenvalue weighted by atomic mass is 10.1. The summed E-state index contributed by atoms with van der Waals surface area (Å²) in [6, 6.07) is 0. The van der Waals surface area contributed by atoms with Crippen LogP contribution in [0, 0.1) is 0 Å². The fourth-order valence-electron chi connectivity index (χ4n) is 1.38. The quantitative estimate of drug-likeness (QED) is 0.827. The average Bonchev–Trinajstić information content (AvgIpc) is 2.18. The van der Waals surface area contributed by atoms with Crippen LogP contribution in [0.2, 0.25) is 0 Å². The van der Waals surface area contributed by atoms with E-state index in [1.165, 1.54) is 6.20 Å². The fraction of sp³-hybridized carbons (Fsp3) is 0.583. The molecule has 1 aromatic rings. The number of carbonyl (C=O) groups excluding carboxylic acids is 1. The van der Waals surface area contributed by atoms with Crippen molar-refractivity contribution in [2.45, 2.75) is 45.7 Å². The van der Waals surface area contributed by atoms with Gasteiger partial charge in [0.1, 0.15) is 5.54 Å². The van der Waals surface area contributed by atoms with Gasteiger partial charge >= 0.3 is 0 Å². The van der Waals surface area contributed by atoms with Crippen LogP contribution in [0.1, 0.15) is 34.6 Å². The minimum atomic E-state index is -1.02. The van der Waals surface area contributed by atoms with Crippen LogP contribution in [0.25, 0.3) is 0 Å². The third-order valence-electron chi connectivity index (χ3n) is 2.61. The smallest absolute Gasteiger partial charge is 0.293 e. The molecule has 0 saturated carbocycles. The number of nitrogens with zero attached hydrogens (tertiary/aromatic N) is 2. The van der Waals surface area contributed by atoms with Gasteiger partial charge in [-0.1, -0.05) is 0 Å². The monoisotopic (exact) mass is 252 g/mol. The van der Waals surface area contributed by atoms with Crippen molar-refractivity contribution in [3.05, 3.63) is 22.7 Å². The number of anilines is 1. The van der Waals surface area contributed by atoms with Crippen LogP contribution in [-0.4, -0.2) is 21.0 Å². The van der Waals surface area contributed by atoms with Crippen LogP contribution in [0.15, 0.2) is 17.2 Å². The molecule has 3 N–H and O–H groups in total. The Hall–Kier alpha value is -1.85. The first-order valence-electron chi connectivity index (χ1n) is 5.72. The molecule has 1 aromatic heterocycles. The maximum absolute atomic E-state index is 12.2. The molecule has 18 heavy (non-hydrogen) atoms. The molecule has 1 heterocycles. The van der Waals surface area contributed by atoms with Crippen molar-refractivity contribution in [1.82, 2.24) is 9.55 Å². The summed E-state index contributed by atoms with van der Waals surface area (Å²) >= 11 is 0. The first-order chi connectivity index (χ1) is 8.05. The van der Waals surface area contributed by atoms with Gasteiger partial charge in [0.15, 0.2) is 5.82 Å². The van der Waals surface area contributed by atoms with Crippen LogP contribution in [0.5, 0.6) is 0 Å². The molecule has 1 rings (SSSR count). The van der Waals surface area contributed by atoms with E-state index in [1.807, 2.05) is 20.8 Å². The molecule has 0 radical (unpaired) electrons. The molecule has 0 spiro atoms. The Kier molecular flexibility index (Phi) is 3.50. The summed E-state index contributed by atoms with van der Waals surface area (Å²) in [5.74, 6) is -0.425. The van der Waals surface area contributed by atoms with E-state index in [1.54, 1.807) is 24.6 Å². The highest BCUT2D eigenvalue weighted by Gasteiger charge is 2.27. The second kappa shape index (κ2) is 4.44. The van der Waals surface area contributed by atoms with E-state index in [0.717, 1.165) is 0 Å². The zero-order valence-corrected chi connectivity index (χ0v) is 11.4. The number of carbonyl (C=O) groups is 1. The Labute approximate surface area is 106 Å². The Morgan fingerprint density at radius 2 is 1.89 bits per heavy atom. The molecule has 1 amide bonds. The predicted molar refractivity (Wildman–Crippen MR) is 70.4 cm³/mol. The molecule has 0 saturated heterocycles. The number of rotatable bonds is 3. The van der Waals surface area contributed by atoms with Crippen LogP contribution in [0.4, 0.5) is 5.82 Å². The summed E-state index contributed by atoms with van der Waals surface area (Å²) in [7, 11) is 0. The van der Waals surface area contributed by atoms with Gasteiger partial charge in [-0.05, 0) is 34.6 Å². The van der Waals surface area contributed by atoms with Gasteiger partial charge in [-0.25, -0.2) is 4.98 Å². The molecule has 100 valence electrons. The second-order valence-electron chi connectivity index (χ2n) is 5.74. The summed E-state index contributed by atoms with van der Waals surface area (Å²) < 4.78 is 1.55. The lowest BCUT2D eigenvalue weighted by Gasteiger charge is -2.25. The maximum atomic E-state index is 12.2. The van der Waals surface area contributed by atoms with Gasteiger partial charge in [-0.15, -0.1) is 0 Å². The van der Waals surface area contributed by atoms with Crippen LogP contribution in [-0.2, 0) is 10.3 Å². The van der Waals surface area contributed by atoms with Gasteiger partial charge in [0.2, 0.25) is 5.91 Å². The maximum Gasteiger partial charge on any atom is 0.293 e. The number of hydrogen-bond acceptors (Lipinski definition) is 4. The van der Waals surface area contributed by atoms with Crippen molar-refractivity contribution in [1.29, 1.82) is 0 Å². The van der Waals surface area contributed by atoms with Crippen LogP contribution < -0.4 is 16.6 Å². The molecule has 0 bridgehead atoms. The fourth-order valence-corrected chi connectivity index (χ4v) is 1.38. The zero-order chi connectivity index (χ0) is 14.1. The number of primary amides is 1. The van der Waals surface area contributed by atoms with E-state index < -0.39 is 11.4 Å². The Bertz CT molecular complexity index is 512. The van der Waals surface area contributed by atoms with E-state index >= 15 is 0 Å². The van der Waals surface area contributed by atoms with Crippen molar-refractivity contribution in [2.75, 3.05) is 5.32 Å². The van der Waals surface area contributed by atoms with Gasteiger partial charge in [-0.3, -0.25) is 9.59 Å². The average molecular weight is 252 g/mol. The number of nitrogens with one attached hydrogen (secondary N) is 1. The number of aromatic nitrogens is 2. The molecule has 0 aromatic carbocycles. The van der Waals surface area contributed by atoms with Crippen molar-refractivity contribution >= 4 is 11.7 Å². The highest BCUT2D eigenvalue weighted by molar-refractivity contribution is 5.86. The zero-order valence-electron chi connectivity index (χ0n) is 11.4. The third-order valence-corrected chi connectivity index (χ3v) is 2.61. The van der Waals surface area contributed by atoms with Gasteiger partial charge in [0.25, 0.3) is 5.56 Å². The lowest BCUT2D eigenvalue weighted by molar-refractivity contribution is -0.121. The van der Waals surface area contributed by atoms with Crippen molar-refractivity contribution in [3.8, 4) is 0 Å². The molecular weight excluding hydrogens is 232 g/mol. The third kappa shape index (κ3) is 2.88. The normalized spacial score (nSPS) is 12.3. The van der Waals surface area contributed by atoms with E-state index in [0.29, 0.717) is 0 Å². The Morgan fingerprint density at radius 1 is 1.33 bits per heavy atom. The summed E-state index contributed by atoms with van der Waals surface area (Å²) in [5, 5.41) is 2.78. The molecule has 0 fully saturated rings. The summed E-state index contributed by atoms with van der Waals surface area (Å²) in [5.41, 5.74) is 3.60. The van der Waals surface area contributed by atoms with Gasteiger partial charge in [-0.2, -0.15) is 0 Å². The largest absolute Gasteiger partial charge is 0.368 e. The predicted octanol–water partition coefficient (Wildman–Crippen LogP) is 0.674. The molecule has 6 nitrogen and oxygen atoms in total. The van der Waals surface area contributed by atoms with E-state index in [4.69, 9.17) is 5.73 Å².